The summed E-state index contributed by atoms with van der Waals surface area (Å²) in [6.45, 7) is 3.98. The Bertz CT molecular complexity index is 1110. The molecule has 0 amide bonds. The summed E-state index contributed by atoms with van der Waals surface area (Å²) in [5.74, 6) is 1.03. The van der Waals surface area contributed by atoms with Crippen LogP contribution in [-0.2, 0) is 0 Å². The van der Waals surface area contributed by atoms with Gasteiger partial charge in [0, 0.05) is 16.6 Å². The lowest BCUT2D eigenvalue weighted by Gasteiger charge is -2.13. The predicted octanol–water partition coefficient (Wildman–Crippen LogP) is 5.80. The molecule has 0 spiro atoms. The molecule has 3 nitrogen and oxygen atoms in total. The van der Waals surface area contributed by atoms with Gasteiger partial charge in [0.25, 0.3) is 0 Å². The Labute approximate surface area is 151 Å². The highest BCUT2D eigenvalue weighted by atomic mass is 19.1. The fourth-order valence-electron chi connectivity index (χ4n) is 2.94. The lowest BCUT2D eigenvalue weighted by atomic mass is 10.1. The van der Waals surface area contributed by atoms with Gasteiger partial charge in [-0.15, -0.1) is 0 Å². The smallest absolute Gasteiger partial charge is 0.162 e. The molecule has 0 atom stereocenters. The highest BCUT2D eigenvalue weighted by Gasteiger charge is 2.11. The zero-order valence-corrected chi connectivity index (χ0v) is 14.6. The number of fused-ring (bicyclic) bond motifs is 1. The average molecular weight is 343 g/mol. The van der Waals surface area contributed by atoms with E-state index in [0.717, 1.165) is 27.6 Å². The van der Waals surface area contributed by atoms with Crippen molar-refractivity contribution in [3.05, 3.63) is 83.7 Å². The van der Waals surface area contributed by atoms with Gasteiger partial charge in [0.15, 0.2) is 5.82 Å². The van der Waals surface area contributed by atoms with Crippen LogP contribution in [0.2, 0.25) is 0 Å². The zero-order chi connectivity index (χ0) is 18.1. The van der Waals surface area contributed by atoms with Crippen molar-refractivity contribution in [1.82, 2.24) is 9.97 Å². The van der Waals surface area contributed by atoms with E-state index in [-0.39, 0.29) is 5.82 Å². The molecule has 0 aliphatic carbocycles. The van der Waals surface area contributed by atoms with Crippen LogP contribution in [0.15, 0.2) is 66.7 Å². The Morgan fingerprint density at radius 2 is 1.69 bits per heavy atom. The van der Waals surface area contributed by atoms with Gasteiger partial charge in [0.1, 0.15) is 11.6 Å². The molecule has 26 heavy (non-hydrogen) atoms. The van der Waals surface area contributed by atoms with Crippen molar-refractivity contribution in [2.45, 2.75) is 13.8 Å². The number of hydrogen-bond donors (Lipinski definition) is 1. The maximum Gasteiger partial charge on any atom is 0.162 e. The van der Waals surface area contributed by atoms with E-state index in [0.29, 0.717) is 17.3 Å². The standard InChI is InChI=1S/C22H18FN3/c1-14-6-5-7-16(12-14)21-24-19-9-4-3-8-18(19)22(26-21)25-20-13-17(23)11-10-15(20)2/h3-13H,1-2H3,(H,24,25,26). The maximum absolute atomic E-state index is 13.7. The summed E-state index contributed by atoms with van der Waals surface area (Å²) >= 11 is 0. The molecule has 0 bridgehead atoms. The molecule has 0 aliphatic rings. The number of halogens is 1. The molecule has 0 aliphatic heterocycles. The molecular formula is C22H18FN3. The average Bonchev–Trinajstić information content (AvgIpc) is 2.64. The van der Waals surface area contributed by atoms with Gasteiger partial charge in [0.05, 0.1) is 5.52 Å². The van der Waals surface area contributed by atoms with Crippen molar-refractivity contribution in [3.63, 3.8) is 0 Å². The van der Waals surface area contributed by atoms with Crippen molar-refractivity contribution < 1.29 is 4.39 Å². The van der Waals surface area contributed by atoms with Gasteiger partial charge < -0.3 is 5.32 Å². The van der Waals surface area contributed by atoms with Crippen LogP contribution in [0.3, 0.4) is 0 Å². The Morgan fingerprint density at radius 1 is 0.846 bits per heavy atom. The van der Waals surface area contributed by atoms with E-state index in [9.17, 15) is 4.39 Å². The minimum absolute atomic E-state index is 0.282. The Kier molecular flexibility index (Phi) is 4.09. The van der Waals surface area contributed by atoms with E-state index < -0.39 is 0 Å². The highest BCUT2D eigenvalue weighted by Crippen LogP contribution is 2.29. The first-order valence-corrected chi connectivity index (χ1v) is 8.47. The van der Waals surface area contributed by atoms with Crippen LogP contribution in [0.4, 0.5) is 15.9 Å². The molecule has 1 heterocycles. The lowest BCUT2D eigenvalue weighted by Crippen LogP contribution is -2.01. The van der Waals surface area contributed by atoms with Gasteiger partial charge >= 0.3 is 0 Å². The molecule has 4 heteroatoms. The number of aryl methyl sites for hydroxylation is 2. The minimum Gasteiger partial charge on any atom is -0.339 e. The lowest BCUT2D eigenvalue weighted by molar-refractivity contribution is 0.628. The third kappa shape index (κ3) is 3.14. The number of aromatic nitrogens is 2. The van der Waals surface area contributed by atoms with Crippen LogP contribution in [0.1, 0.15) is 11.1 Å². The number of nitrogens with zero attached hydrogens (tertiary/aromatic N) is 2. The van der Waals surface area contributed by atoms with E-state index in [1.807, 2.05) is 56.3 Å². The monoisotopic (exact) mass is 343 g/mol. The van der Waals surface area contributed by atoms with Crippen LogP contribution in [-0.4, -0.2) is 9.97 Å². The second-order valence-corrected chi connectivity index (χ2v) is 6.37. The molecule has 0 radical (unpaired) electrons. The zero-order valence-electron chi connectivity index (χ0n) is 14.6. The Hall–Kier alpha value is -3.27. The van der Waals surface area contributed by atoms with Crippen molar-refractivity contribution in [2.24, 2.45) is 0 Å². The maximum atomic E-state index is 13.7. The quantitative estimate of drug-likeness (QED) is 0.511. The Balaban J connectivity index is 1.88. The summed E-state index contributed by atoms with van der Waals surface area (Å²) in [6, 6.07) is 20.6. The van der Waals surface area contributed by atoms with Crippen molar-refractivity contribution in [3.8, 4) is 11.4 Å². The topological polar surface area (TPSA) is 37.8 Å². The van der Waals surface area contributed by atoms with Crippen molar-refractivity contribution >= 4 is 22.4 Å². The third-order valence-electron chi connectivity index (χ3n) is 4.33. The predicted molar refractivity (Wildman–Crippen MR) is 104 cm³/mol. The van der Waals surface area contributed by atoms with Gasteiger partial charge in [-0.1, -0.05) is 42.0 Å². The molecule has 4 aromatic rings. The minimum atomic E-state index is -0.282. The fraction of sp³-hybridized carbons (Fsp3) is 0.0909. The van der Waals surface area contributed by atoms with E-state index in [1.54, 1.807) is 6.07 Å². The molecular weight excluding hydrogens is 325 g/mol. The number of rotatable bonds is 3. The van der Waals surface area contributed by atoms with Crippen LogP contribution < -0.4 is 5.32 Å². The molecule has 1 N–H and O–H groups in total. The molecule has 0 saturated heterocycles. The van der Waals surface area contributed by atoms with E-state index in [2.05, 4.69) is 11.4 Å². The first-order valence-electron chi connectivity index (χ1n) is 8.47. The van der Waals surface area contributed by atoms with E-state index in [4.69, 9.17) is 9.97 Å². The van der Waals surface area contributed by atoms with Gasteiger partial charge in [-0.05, 0) is 49.7 Å². The summed E-state index contributed by atoms with van der Waals surface area (Å²) in [4.78, 5) is 9.44. The summed E-state index contributed by atoms with van der Waals surface area (Å²) < 4.78 is 13.7. The molecule has 3 aromatic carbocycles. The van der Waals surface area contributed by atoms with Gasteiger partial charge in [-0.25, -0.2) is 14.4 Å². The molecule has 0 fully saturated rings. The summed E-state index contributed by atoms with van der Waals surface area (Å²) in [6.07, 6.45) is 0. The number of benzene rings is 3. The summed E-state index contributed by atoms with van der Waals surface area (Å²) in [5, 5.41) is 4.19. The van der Waals surface area contributed by atoms with Crippen LogP contribution >= 0.6 is 0 Å². The number of hydrogen-bond acceptors (Lipinski definition) is 3. The van der Waals surface area contributed by atoms with Crippen LogP contribution in [0.5, 0.6) is 0 Å². The highest BCUT2D eigenvalue weighted by molar-refractivity contribution is 5.92. The summed E-state index contributed by atoms with van der Waals surface area (Å²) in [7, 11) is 0. The normalized spacial score (nSPS) is 10.9. The molecule has 1 aromatic heterocycles. The SMILES string of the molecule is Cc1cccc(-c2nc(Nc3cc(F)ccc3C)c3ccccc3n2)c1. The molecule has 0 saturated carbocycles. The molecule has 0 unspecified atom stereocenters. The molecule has 4 rings (SSSR count). The number of anilines is 2. The number of nitrogens with one attached hydrogen (secondary N) is 1. The number of para-hydroxylation sites is 1. The second kappa shape index (κ2) is 6.56. The van der Waals surface area contributed by atoms with Gasteiger partial charge in [-0.3, -0.25) is 0 Å². The van der Waals surface area contributed by atoms with E-state index >= 15 is 0 Å². The van der Waals surface area contributed by atoms with Crippen molar-refractivity contribution in [2.75, 3.05) is 5.32 Å². The van der Waals surface area contributed by atoms with Crippen molar-refractivity contribution in [1.29, 1.82) is 0 Å². The van der Waals surface area contributed by atoms with Crippen LogP contribution in [0, 0.1) is 19.7 Å². The van der Waals surface area contributed by atoms with Crippen LogP contribution in [0.25, 0.3) is 22.3 Å². The molecule has 128 valence electrons. The first kappa shape index (κ1) is 16.2. The van der Waals surface area contributed by atoms with Gasteiger partial charge in [-0.2, -0.15) is 0 Å². The van der Waals surface area contributed by atoms with Gasteiger partial charge in [0.2, 0.25) is 0 Å². The summed E-state index contributed by atoms with van der Waals surface area (Å²) in [5.41, 5.74) is 4.59. The largest absolute Gasteiger partial charge is 0.339 e. The Morgan fingerprint density at radius 3 is 2.54 bits per heavy atom. The third-order valence-corrected chi connectivity index (χ3v) is 4.33. The first-order chi connectivity index (χ1) is 12.6. The van der Waals surface area contributed by atoms with E-state index in [1.165, 1.54) is 12.1 Å². The fourth-order valence-corrected chi connectivity index (χ4v) is 2.94. The second-order valence-electron chi connectivity index (χ2n) is 6.37.